The van der Waals surface area contributed by atoms with Crippen molar-refractivity contribution in [3.8, 4) is 5.88 Å². The minimum Gasteiger partial charge on any atom is -0.388 e. The van der Waals surface area contributed by atoms with Crippen molar-refractivity contribution in [2.24, 2.45) is 5.73 Å². The van der Waals surface area contributed by atoms with Crippen molar-refractivity contribution in [1.29, 1.82) is 0 Å². The van der Waals surface area contributed by atoms with E-state index in [1.54, 1.807) is 19.9 Å². The molecule has 0 amide bonds. The standard InChI is InChI=1S/C9H11F3N2O/c1-5-3-6(2)14-8(7(5)4-13)15-9(10,11)12/h3H,4,13H2,1-2H3. The van der Waals surface area contributed by atoms with Gasteiger partial charge in [-0.2, -0.15) is 0 Å². The molecule has 0 atom stereocenters. The first-order valence-electron chi connectivity index (χ1n) is 4.26. The molecule has 0 fully saturated rings. The van der Waals surface area contributed by atoms with E-state index in [2.05, 4.69) is 9.72 Å². The molecular formula is C9H11F3N2O. The summed E-state index contributed by atoms with van der Waals surface area (Å²) in [6.07, 6.45) is -4.74. The Morgan fingerprint density at radius 2 is 2.00 bits per heavy atom. The van der Waals surface area contributed by atoms with Gasteiger partial charge < -0.3 is 10.5 Å². The zero-order chi connectivity index (χ0) is 11.6. The van der Waals surface area contributed by atoms with E-state index in [0.29, 0.717) is 11.3 Å². The first-order valence-corrected chi connectivity index (χ1v) is 4.26. The van der Waals surface area contributed by atoms with Crippen LogP contribution in [0.4, 0.5) is 13.2 Å². The van der Waals surface area contributed by atoms with Crippen LogP contribution in [0, 0.1) is 13.8 Å². The predicted octanol–water partition coefficient (Wildman–Crippen LogP) is 2.06. The lowest BCUT2D eigenvalue weighted by molar-refractivity contribution is -0.276. The van der Waals surface area contributed by atoms with E-state index < -0.39 is 12.2 Å². The van der Waals surface area contributed by atoms with Gasteiger partial charge in [0.25, 0.3) is 0 Å². The van der Waals surface area contributed by atoms with Gasteiger partial charge in [0.1, 0.15) is 0 Å². The molecule has 1 aromatic heterocycles. The van der Waals surface area contributed by atoms with Gasteiger partial charge >= 0.3 is 6.36 Å². The number of aryl methyl sites for hydroxylation is 2. The molecule has 1 rings (SSSR count). The maximum Gasteiger partial charge on any atom is 0.574 e. The van der Waals surface area contributed by atoms with E-state index in [1.165, 1.54) is 0 Å². The number of ether oxygens (including phenoxy) is 1. The van der Waals surface area contributed by atoms with E-state index in [0.717, 1.165) is 0 Å². The molecule has 0 saturated carbocycles. The van der Waals surface area contributed by atoms with Gasteiger partial charge in [-0.3, -0.25) is 0 Å². The number of nitrogens with two attached hydrogens (primary N) is 1. The Balaban J connectivity index is 3.15. The third-order valence-electron chi connectivity index (χ3n) is 1.85. The van der Waals surface area contributed by atoms with Gasteiger partial charge in [0, 0.05) is 17.8 Å². The number of halogens is 3. The third kappa shape index (κ3) is 3.09. The summed E-state index contributed by atoms with van der Waals surface area (Å²) < 4.78 is 39.8. The van der Waals surface area contributed by atoms with Gasteiger partial charge in [-0.1, -0.05) is 0 Å². The summed E-state index contributed by atoms with van der Waals surface area (Å²) >= 11 is 0. The van der Waals surface area contributed by atoms with E-state index in [9.17, 15) is 13.2 Å². The Morgan fingerprint density at radius 3 is 2.47 bits per heavy atom. The summed E-state index contributed by atoms with van der Waals surface area (Å²) in [5, 5.41) is 0. The Kier molecular flexibility index (Phi) is 3.18. The number of alkyl halides is 3. The molecule has 0 spiro atoms. The minimum atomic E-state index is -4.74. The summed E-state index contributed by atoms with van der Waals surface area (Å²) in [5.74, 6) is -0.456. The van der Waals surface area contributed by atoms with Crippen LogP contribution in [0.3, 0.4) is 0 Å². The molecule has 84 valence electrons. The highest BCUT2D eigenvalue weighted by Gasteiger charge is 2.33. The summed E-state index contributed by atoms with van der Waals surface area (Å²) in [7, 11) is 0. The molecule has 6 heteroatoms. The van der Waals surface area contributed by atoms with Crippen molar-refractivity contribution in [3.63, 3.8) is 0 Å². The number of rotatable bonds is 2. The molecule has 2 N–H and O–H groups in total. The van der Waals surface area contributed by atoms with Crippen LogP contribution in [-0.2, 0) is 6.54 Å². The molecule has 0 unspecified atom stereocenters. The summed E-state index contributed by atoms with van der Waals surface area (Å²) in [5.41, 5.74) is 6.71. The Labute approximate surface area is 85.1 Å². The normalized spacial score (nSPS) is 11.6. The monoisotopic (exact) mass is 220 g/mol. The quantitative estimate of drug-likeness (QED) is 0.829. The average molecular weight is 220 g/mol. The van der Waals surface area contributed by atoms with Crippen molar-refractivity contribution in [2.75, 3.05) is 0 Å². The van der Waals surface area contributed by atoms with Crippen molar-refractivity contribution in [3.05, 3.63) is 22.9 Å². The first kappa shape index (κ1) is 11.8. The molecule has 0 aliphatic rings. The van der Waals surface area contributed by atoms with Crippen molar-refractivity contribution in [2.45, 2.75) is 26.8 Å². The van der Waals surface area contributed by atoms with Gasteiger partial charge in [-0.05, 0) is 25.5 Å². The number of hydrogen-bond acceptors (Lipinski definition) is 3. The van der Waals surface area contributed by atoms with Crippen LogP contribution in [0.15, 0.2) is 6.07 Å². The van der Waals surface area contributed by atoms with Crippen LogP contribution in [-0.4, -0.2) is 11.3 Å². The molecule has 0 radical (unpaired) electrons. The topological polar surface area (TPSA) is 48.1 Å². The lowest BCUT2D eigenvalue weighted by atomic mass is 10.1. The highest BCUT2D eigenvalue weighted by molar-refractivity contribution is 5.35. The van der Waals surface area contributed by atoms with Crippen molar-refractivity contribution < 1.29 is 17.9 Å². The molecule has 0 aliphatic heterocycles. The van der Waals surface area contributed by atoms with Gasteiger partial charge in [0.2, 0.25) is 5.88 Å². The Bertz CT molecular complexity index is 363. The summed E-state index contributed by atoms with van der Waals surface area (Å²) in [6.45, 7) is 3.22. The SMILES string of the molecule is Cc1cc(C)c(CN)c(OC(F)(F)F)n1. The molecule has 3 nitrogen and oxygen atoms in total. The van der Waals surface area contributed by atoms with Crippen LogP contribution in [0.25, 0.3) is 0 Å². The maximum absolute atomic E-state index is 12.0. The van der Waals surface area contributed by atoms with E-state index in [4.69, 9.17) is 5.73 Å². The molecule has 0 aliphatic carbocycles. The first-order chi connectivity index (χ1) is 6.83. The van der Waals surface area contributed by atoms with Crippen LogP contribution in [0.5, 0.6) is 5.88 Å². The van der Waals surface area contributed by atoms with Gasteiger partial charge in [0.15, 0.2) is 0 Å². The van der Waals surface area contributed by atoms with Crippen LogP contribution >= 0.6 is 0 Å². The van der Waals surface area contributed by atoms with E-state index in [1.807, 2.05) is 0 Å². The molecule has 0 aromatic carbocycles. The fourth-order valence-corrected chi connectivity index (χ4v) is 1.27. The van der Waals surface area contributed by atoms with Crippen molar-refractivity contribution >= 4 is 0 Å². The fraction of sp³-hybridized carbons (Fsp3) is 0.444. The second-order valence-corrected chi connectivity index (χ2v) is 3.12. The average Bonchev–Trinajstić information content (AvgIpc) is 1.99. The molecule has 0 saturated heterocycles. The highest BCUT2D eigenvalue weighted by atomic mass is 19.4. The van der Waals surface area contributed by atoms with Gasteiger partial charge in [-0.25, -0.2) is 4.98 Å². The Hall–Kier alpha value is -1.30. The lowest BCUT2D eigenvalue weighted by Gasteiger charge is -2.13. The number of pyridine rings is 1. The summed E-state index contributed by atoms with van der Waals surface area (Å²) in [4.78, 5) is 3.67. The van der Waals surface area contributed by atoms with Crippen LogP contribution in [0.2, 0.25) is 0 Å². The number of nitrogens with zero attached hydrogens (tertiary/aromatic N) is 1. The molecular weight excluding hydrogens is 209 g/mol. The molecule has 0 bridgehead atoms. The molecule has 15 heavy (non-hydrogen) atoms. The fourth-order valence-electron chi connectivity index (χ4n) is 1.27. The second kappa shape index (κ2) is 4.06. The zero-order valence-corrected chi connectivity index (χ0v) is 8.35. The number of aromatic nitrogens is 1. The predicted molar refractivity (Wildman–Crippen MR) is 48.3 cm³/mol. The minimum absolute atomic E-state index is 0.0372. The summed E-state index contributed by atoms with van der Waals surface area (Å²) in [6, 6.07) is 1.66. The van der Waals surface area contributed by atoms with Gasteiger partial charge in [-0.15, -0.1) is 13.2 Å². The van der Waals surface area contributed by atoms with E-state index in [-0.39, 0.29) is 12.1 Å². The number of hydrogen-bond donors (Lipinski definition) is 1. The van der Waals surface area contributed by atoms with Gasteiger partial charge in [0.05, 0.1) is 0 Å². The third-order valence-corrected chi connectivity index (χ3v) is 1.85. The molecule has 1 heterocycles. The van der Waals surface area contributed by atoms with Crippen molar-refractivity contribution in [1.82, 2.24) is 4.98 Å². The van der Waals surface area contributed by atoms with Crippen LogP contribution in [0.1, 0.15) is 16.8 Å². The maximum atomic E-state index is 12.0. The largest absolute Gasteiger partial charge is 0.574 e. The van der Waals surface area contributed by atoms with Crippen LogP contribution < -0.4 is 10.5 Å². The molecule has 1 aromatic rings. The lowest BCUT2D eigenvalue weighted by Crippen LogP contribution is -2.20. The Morgan fingerprint density at radius 1 is 1.40 bits per heavy atom. The smallest absolute Gasteiger partial charge is 0.388 e. The highest BCUT2D eigenvalue weighted by Crippen LogP contribution is 2.26. The van der Waals surface area contributed by atoms with E-state index >= 15 is 0 Å². The second-order valence-electron chi connectivity index (χ2n) is 3.12. The zero-order valence-electron chi connectivity index (χ0n) is 8.35.